The second-order valence-corrected chi connectivity index (χ2v) is 15.5. The zero-order valence-electron chi connectivity index (χ0n) is 26.3. The topological polar surface area (TPSA) is 145 Å². The van der Waals surface area contributed by atoms with E-state index in [9.17, 15) is 0 Å². The van der Waals surface area contributed by atoms with Crippen molar-refractivity contribution in [3.8, 4) is 46.0 Å². The van der Waals surface area contributed by atoms with Crippen LogP contribution in [0.2, 0.25) is 0 Å². The molecule has 0 saturated carbocycles. The molecule has 14 heteroatoms. The average molecular weight is 722 g/mol. The predicted octanol–water partition coefficient (Wildman–Crippen LogP) is 12.0. The summed E-state index contributed by atoms with van der Waals surface area (Å²) in [6.45, 7) is 0. The highest BCUT2D eigenvalue weighted by Crippen LogP contribution is 2.71. The van der Waals surface area contributed by atoms with Gasteiger partial charge in [-0.15, -0.1) is 9.03 Å². The summed E-state index contributed by atoms with van der Waals surface area (Å²) in [6, 6.07) is 46.9. The number of benzene rings is 6. The smallest absolute Gasteiger partial charge is 0.451 e. The van der Waals surface area contributed by atoms with E-state index < -0.39 is 15.3 Å². The molecule has 0 bridgehead atoms. The molecule has 50 heavy (non-hydrogen) atoms. The number of hydrogen-bond donors (Lipinski definition) is 2. The Morgan fingerprint density at radius 3 is 1.40 bits per heavy atom. The van der Waals surface area contributed by atoms with E-state index in [4.69, 9.17) is 52.6 Å². The zero-order valence-corrected chi connectivity index (χ0v) is 29.0. The number of rotatable bonds is 12. The van der Waals surface area contributed by atoms with Crippen molar-refractivity contribution >= 4 is 35.2 Å². The number of hydrogen-bond acceptors (Lipinski definition) is 11. The van der Waals surface area contributed by atoms with Crippen LogP contribution in [-0.2, 0) is 0 Å². The molecule has 0 aliphatic carbocycles. The van der Waals surface area contributed by atoms with E-state index in [-0.39, 0.29) is 20.0 Å². The van der Waals surface area contributed by atoms with Gasteiger partial charge in [-0.1, -0.05) is 89.4 Å². The Hall–Kier alpha value is -5.72. The van der Waals surface area contributed by atoms with Crippen molar-refractivity contribution in [1.29, 1.82) is 0 Å². The van der Waals surface area contributed by atoms with E-state index >= 15 is 0 Å². The van der Waals surface area contributed by atoms with Gasteiger partial charge in [0.05, 0.1) is 11.4 Å². The fraction of sp³-hybridized carbons (Fsp3) is 0. The van der Waals surface area contributed by atoms with Gasteiger partial charge < -0.3 is 39.0 Å². The van der Waals surface area contributed by atoms with Gasteiger partial charge in [-0.05, 0) is 72.8 Å². The van der Waals surface area contributed by atoms with Crippen LogP contribution in [-0.4, -0.2) is 0 Å². The van der Waals surface area contributed by atoms with Gasteiger partial charge >= 0.3 is 15.3 Å². The fourth-order valence-corrected chi connectivity index (χ4v) is 10.8. The largest absolute Gasteiger partial charge is 0.460 e. The highest BCUT2D eigenvalue weighted by atomic mass is 31.3. The van der Waals surface area contributed by atoms with E-state index in [1.807, 2.05) is 78.9 Å². The zero-order chi connectivity index (χ0) is 34.2. The molecule has 4 N–H and O–H groups in total. The third-order valence-electron chi connectivity index (χ3n) is 6.86. The molecule has 0 radical (unpaired) electrons. The minimum atomic E-state index is -3.73. The van der Waals surface area contributed by atoms with Crippen molar-refractivity contribution in [1.82, 2.24) is 0 Å². The normalized spacial score (nSPS) is 16.2. The Kier molecular flexibility index (Phi) is 9.72. The maximum absolute atomic E-state index is 6.81. The summed E-state index contributed by atoms with van der Waals surface area (Å²) in [6.07, 6.45) is 0. The molecular formula is C36H30N5O6P3. The predicted molar refractivity (Wildman–Crippen MR) is 198 cm³/mol. The highest BCUT2D eigenvalue weighted by Gasteiger charge is 2.40. The Morgan fingerprint density at radius 2 is 0.860 bits per heavy atom. The molecule has 7 rings (SSSR count). The SMILES string of the molecule is Nc1ccccc1Oc1cccc(OP2(Oc3ccccc3)=NP=NP(Oc3ccccc3)(Oc3ccccc3)=N2)c1Oc1ccccc1N. The van der Waals surface area contributed by atoms with Crippen molar-refractivity contribution in [3.63, 3.8) is 0 Å². The van der Waals surface area contributed by atoms with E-state index in [1.54, 1.807) is 78.9 Å². The molecule has 11 nitrogen and oxygen atoms in total. The first-order valence-corrected chi connectivity index (χ1v) is 19.1. The summed E-state index contributed by atoms with van der Waals surface area (Å²) in [5.74, 6) is 2.93. The number of ether oxygens (including phenoxy) is 2. The van der Waals surface area contributed by atoms with Gasteiger partial charge in [0.25, 0.3) is 0 Å². The van der Waals surface area contributed by atoms with Crippen LogP contribution >= 0.6 is 23.8 Å². The lowest BCUT2D eigenvalue weighted by Crippen LogP contribution is -2.06. The number of para-hydroxylation sites is 8. The third-order valence-corrected chi connectivity index (χ3v) is 12.9. The molecule has 6 aromatic carbocycles. The van der Waals surface area contributed by atoms with Gasteiger partial charge in [-0.3, -0.25) is 0 Å². The fourth-order valence-electron chi connectivity index (χ4n) is 4.59. The Labute approximate surface area is 290 Å². The van der Waals surface area contributed by atoms with Crippen LogP contribution in [0.1, 0.15) is 0 Å². The minimum Gasteiger partial charge on any atom is -0.451 e. The first-order valence-electron chi connectivity index (χ1n) is 15.3. The van der Waals surface area contributed by atoms with Gasteiger partial charge in [0.1, 0.15) is 17.2 Å². The van der Waals surface area contributed by atoms with Crippen molar-refractivity contribution in [2.75, 3.05) is 11.5 Å². The number of anilines is 2. The maximum atomic E-state index is 6.81. The average Bonchev–Trinajstić information content (AvgIpc) is 3.12. The van der Waals surface area contributed by atoms with Gasteiger partial charge in [0, 0.05) is 0 Å². The van der Waals surface area contributed by atoms with Crippen molar-refractivity contribution in [2.45, 2.75) is 0 Å². The molecule has 1 aliphatic heterocycles. The van der Waals surface area contributed by atoms with E-state index in [1.165, 1.54) is 0 Å². The van der Waals surface area contributed by atoms with Crippen LogP contribution < -0.4 is 39.0 Å². The monoisotopic (exact) mass is 721 g/mol. The minimum absolute atomic E-state index is 0.186. The maximum Gasteiger partial charge on any atom is 0.460 e. The molecule has 0 fully saturated rings. The van der Waals surface area contributed by atoms with Crippen LogP contribution in [0.4, 0.5) is 11.4 Å². The Morgan fingerprint density at radius 1 is 0.420 bits per heavy atom. The van der Waals surface area contributed by atoms with Crippen molar-refractivity contribution in [3.05, 3.63) is 158 Å². The lowest BCUT2D eigenvalue weighted by molar-refractivity contribution is 0.396. The number of nitrogens with zero attached hydrogens (tertiary/aromatic N) is 3. The second-order valence-electron chi connectivity index (χ2n) is 10.5. The summed E-state index contributed by atoms with van der Waals surface area (Å²) in [4.78, 5) is 0. The molecule has 1 unspecified atom stereocenters. The molecule has 1 atom stereocenters. The first-order chi connectivity index (χ1) is 24.5. The van der Waals surface area contributed by atoms with Gasteiger partial charge in [0.2, 0.25) is 5.75 Å². The molecule has 1 aliphatic rings. The van der Waals surface area contributed by atoms with Crippen LogP contribution in [0.15, 0.2) is 171 Å². The van der Waals surface area contributed by atoms with E-state index in [2.05, 4.69) is 0 Å². The lowest BCUT2D eigenvalue weighted by atomic mass is 10.2. The molecule has 1 heterocycles. The summed E-state index contributed by atoms with van der Waals surface area (Å²) in [7, 11) is -7.06. The number of nitrogen functional groups attached to an aromatic ring is 2. The van der Waals surface area contributed by atoms with Gasteiger partial charge in [0.15, 0.2) is 31.5 Å². The van der Waals surface area contributed by atoms with E-state index in [0.29, 0.717) is 45.9 Å². The van der Waals surface area contributed by atoms with Crippen LogP contribution in [0.25, 0.3) is 0 Å². The van der Waals surface area contributed by atoms with Crippen LogP contribution in [0.5, 0.6) is 46.0 Å². The summed E-state index contributed by atoms with van der Waals surface area (Å²) < 4.78 is 53.7. The molecular weight excluding hydrogens is 691 g/mol. The molecule has 0 aromatic heterocycles. The van der Waals surface area contributed by atoms with Gasteiger partial charge in [-0.25, -0.2) is 0 Å². The Balaban J connectivity index is 1.39. The molecule has 0 spiro atoms. The van der Waals surface area contributed by atoms with Crippen molar-refractivity contribution in [2.24, 2.45) is 13.5 Å². The second kappa shape index (κ2) is 14.8. The number of nitrogens with two attached hydrogens (primary N) is 2. The summed E-state index contributed by atoms with van der Waals surface area (Å²) >= 11 is 0. The third kappa shape index (κ3) is 7.77. The standard InChI is InChI=1S/C36H30N5O6P3/c37-30-21-10-12-23-32(30)42-34-25-14-26-35(36(34)43-33-24-13-11-22-31(33)38)47-50(46-29-19-8-3-9-20-29)40-48-39-49(41-50,44-27-15-4-1-5-16-27)45-28-17-6-2-7-18-28/h1-26H,37-38H2. The molecule has 6 aromatic rings. The highest BCUT2D eigenvalue weighted by molar-refractivity contribution is 7.73. The quantitative estimate of drug-likeness (QED) is 0.0938. The lowest BCUT2D eigenvalue weighted by Gasteiger charge is -2.28. The first kappa shape index (κ1) is 32.8. The molecule has 0 saturated heterocycles. The van der Waals surface area contributed by atoms with E-state index in [0.717, 1.165) is 0 Å². The van der Waals surface area contributed by atoms with Crippen LogP contribution in [0.3, 0.4) is 0 Å². The summed E-state index contributed by atoms with van der Waals surface area (Å²) in [5, 5.41) is 0. The van der Waals surface area contributed by atoms with Crippen molar-refractivity contribution < 1.29 is 27.6 Å². The van der Waals surface area contributed by atoms with Gasteiger partial charge in [-0.2, -0.15) is 0 Å². The van der Waals surface area contributed by atoms with Crippen LogP contribution in [0, 0.1) is 0 Å². The Bertz CT molecular complexity index is 2200. The molecule has 0 amide bonds. The summed E-state index contributed by atoms with van der Waals surface area (Å²) in [5.41, 5.74) is 13.4. The molecule has 250 valence electrons.